The average Bonchev–Trinajstić information content (AvgIpc) is 2.33. The van der Waals surface area contributed by atoms with Gasteiger partial charge < -0.3 is 4.55 Å². The van der Waals surface area contributed by atoms with E-state index >= 15 is 0 Å². The van der Waals surface area contributed by atoms with Crippen molar-refractivity contribution >= 4 is 17.6 Å². The minimum atomic E-state index is -4.50. The summed E-state index contributed by atoms with van der Waals surface area (Å²) < 4.78 is 53.1. The number of rotatable bonds is 3. The van der Waals surface area contributed by atoms with Crippen LogP contribution in [0.25, 0.3) is 0 Å². The van der Waals surface area contributed by atoms with Crippen molar-refractivity contribution in [2.24, 2.45) is 4.40 Å². The molecule has 20 heavy (non-hydrogen) atoms. The molecule has 0 spiro atoms. The van der Waals surface area contributed by atoms with E-state index in [1.807, 2.05) is 0 Å². The molecule has 0 radical (unpaired) electrons. The number of hydrogen-bond acceptors (Lipinski definition) is 3. The summed E-state index contributed by atoms with van der Waals surface area (Å²) in [5, 5.41) is 0. The van der Waals surface area contributed by atoms with Crippen LogP contribution >= 0.6 is 0 Å². The van der Waals surface area contributed by atoms with Crippen LogP contribution in [0, 0.1) is 0 Å². The van der Waals surface area contributed by atoms with Crippen molar-refractivity contribution in [2.75, 3.05) is 0 Å². The third kappa shape index (κ3) is 4.79. The summed E-state index contributed by atoms with van der Waals surface area (Å²) in [5.74, 6) is 0. The Morgan fingerprint density at radius 2 is 1.90 bits per heavy atom. The van der Waals surface area contributed by atoms with Crippen LogP contribution in [0.1, 0.15) is 44.6 Å². The highest BCUT2D eigenvalue weighted by Crippen LogP contribution is 2.28. The molecule has 0 amide bonds. The second-order valence-corrected chi connectivity index (χ2v) is 7.17. The van der Waals surface area contributed by atoms with Crippen LogP contribution in [0.3, 0.4) is 0 Å². The molecule has 1 atom stereocenters. The quantitative estimate of drug-likeness (QED) is 0.633. The molecule has 0 aliphatic carbocycles. The maximum absolute atomic E-state index is 12.7. The zero-order valence-electron chi connectivity index (χ0n) is 11.8. The Kier molecular flexibility index (Phi) is 5.21. The van der Waals surface area contributed by atoms with Gasteiger partial charge in [-0.1, -0.05) is 11.3 Å². The first kappa shape index (κ1) is 17.0. The summed E-state index contributed by atoms with van der Waals surface area (Å²) in [4.78, 5) is 3.50. The minimum absolute atomic E-state index is 0.0641. The second-order valence-electron chi connectivity index (χ2n) is 5.23. The van der Waals surface area contributed by atoms with Gasteiger partial charge in [-0.15, -0.1) is 0 Å². The first-order chi connectivity index (χ1) is 9.04. The van der Waals surface area contributed by atoms with Gasteiger partial charge in [-0.2, -0.15) is 13.2 Å². The number of aryl methyl sites for hydroxylation is 1. The third-order valence-corrected chi connectivity index (χ3v) is 3.75. The number of pyridine rings is 1. The molecule has 3 nitrogen and oxygen atoms in total. The van der Waals surface area contributed by atoms with Gasteiger partial charge in [0, 0.05) is 0 Å². The van der Waals surface area contributed by atoms with E-state index in [1.165, 1.54) is 6.07 Å². The van der Waals surface area contributed by atoms with Crippen molar-refractivity contribution < 1.29 is 17.7 Å². The van der Waals surface area contributed by atoms with Gasteiger partial charge in [0.1, 0.15) is 28.0 Å². The Labute approximate surface area is 119 Å². The maximum atomic E-state index is 12.7. The lowest BCUT2D eigenvalue weighted by molar-refractivity contribution is -0.141. The summed E-state index contributed by atoms with van der Waals surface area (Å²) in [6.07, 6.45) is -2.92. The smallest absolute Gasteiger partial charge is 0.433 e. The van der Waals surface area contributed by atoms with Crippen molar-refractivity contribution in [2.45, 2.75) is 45.0 Å². The number of halogens is 3. The first-order valence-electron chi connectivity index (χ1n) is 6.08. The van der Waals surface area contributed by atoms with Crippen molar-refractivity contribution in [3.8, 4) is 0 Å². The summed E-state index contributed by atoms with van der Waals surface area (Å²) in [6, 6.07) is 2.52. The van der Waals surface area contributed by atoms with Gasteiger partial charge in [0.2, 0.25) is 0 Å². The molecule has 0 fully saturated rings. The lowest BCUT2D eigenvalue weighted by atomic mass is 10.1. The maximum Gasteiger partial charge on any atom is 0.433 e. The topological polar surface area (TPSA) is 48.3 Å². The van der Waals surface area contributed by atoms with Gasteiger partial charge in [-0.3, -0.25) is 0 Å². The molecule has 1 aromatic rings. The standard InChI is InChI=1S/C13H17F3N2OS/c1-5-9-6-10(8-17-20(19)12(2,3)4)18-11(7-9)13(14,15)16/h6-8H,5H2,1-4H3/b17-8-. The number of alkyl halides is 3. The van der Waals surface area contributed by atoms with E-state index in [2.05, 4.69) is 9.38 Å². The van der Waals surface area contributed by atoms with Crippen molar-refractivity contribution in [1.82, 2.24) is 4.98 Å². The fraction of sp³-hybridized carbons (Fsp3) is 0.538. The lowest BCUT2D eigenvalue weighted by Crippen LogP contribution is -2.26. The highest BCUT2D eigenvalue weighted by Gasteiger charge is 2.33. The summed E-state index contributed by atoms with van der Waals surface area (Å²) in [7, 11) is 0. The molecule has 0 aliphatic rings. The molecular weight excluding hydrogens is 289 g/mol. The number of aromatic nitrogens is 1. The molecule has 0 aliphatic heterocycles. The van der Waals surface area contributed by atoms with Gasteiger partial charge in [0.15, 0.2) is 0 Å². The average molecular weight is 306 g/mol. The molecular formula is C13H17F3N2OS. The lowest BCUT2D eigenvalue weighted by Gasteiger charge is -2.17. The molecule has 0 saturated carbocycles. The van der Waals surface area contributed by atoms with E-state index in [0.29, 0.717) is 12.0 Å². The predicted octanol–water partition coefficient (Wildman–Crippen LogP) is 3.54. The van der Waals surface area contributed by atoms with E-state index in [1.54, 1.807) is 27.7 Å². The fourth-order valence-corrected chi connectivity index (χ4v) is 1.81. The molecule has 0 aromatic carbocycles. The highest BCUT2D eigenvalue weighted by molar-refractivity contribution is 7.91. The molecule has 1 unspecified atom stereocenters. The Bertz CT molecular complexity index is 495. The van der Waals surface area contributed by atoms with E-state index in [-0.39, 0.29) is 5.69 Å². The van der Waals surface area contributed by atoms with Crippen molar-refractivity contribution in [3.05, 3.63) is 29.1 Å². The first-order valence-corrected chi connectivity index (χ1v) is 7.19. The van der Waals surface area contributed by atoms with Crippen molar-refractivity contribution in [3.63, 3.8) is 0 Å². The minimum Gasteiger partial charge on any atom is -0.591 e. The van der Waals surface area contributed by atoms with E-state index in [0.717, 1.165) is 12.3 Å². The van der Waals surface area contributed by atoms with Crippen LogP contribution < -0.4 is 0 Å². The summed E-state index contributed by atoms with van der Waals surface area (Å²) >= 11 is -1.53. The highest BCUT2D eigenvalue weighted by atomic mass is 32.2. The largest absolute Gasteiger partial charge is 0.591 e. The Hall–Kier alpha value is -1.08. The van der Waals surface area contributed by atoms with Gasteiger partial charge in [0.25, 0.3) is 0 Å². The number of hydrogen-bond donors (Lipinski definition) is 0. The molecule has 0 bridgehead atoms. The third-order valence-electron chi connectivity index (χ3n) is 2.41. The van der Waals surface area contributed by atoms with Gasteiger partial charge in [-0.25, -0.2) is 4.98 Å². The molecule has 1 rings (SSSR count). The monoisotopic (exact) mass is 306 g/mol. The summed E-state index contributed by atoms with van der Waals surface area (Å²) in [6.45, 7) is 6.95. The fourth-order valence-electron chi connectivity index (χ4n) is 1.29. The zero-order valence-corrected chi connectivity index (χ0v) is 12.6. The molecule has 1 heterocycles. The molecule has 0 N–H and O–H groups in total. The van der Waals surface area contributed by atoms with Crippen LogP contribution in [0.4, 0.5) is 13.2 Å². The van der Waals surface area contributed by atoms with Crippen molar-refractivity contribution in [1.29, 1.82) is 0 Å². The van der Waals surface area contributed by atoms with Gasteiger partial charge in [0.05, 0.1) is 5.69 Å². The Balaban J connectivity index is 3.10. The van der Waals surface area contributed by atoms with E-state index < -0.39 is 28.0 Å². The van der Waals surface area contributed by atoms with Crippen LogP contribution in [-0.4, -0.2) is 20.5 Å². The van der Waals surface area contributed by atoms with Crippen LogP contribution in [0.5, 0.6) is 0 Å². The second kappa shape index (κ2) is 6.13. The van der Waals surface area contributed by atoms with E-state index in [4.69, 9.17) is 0 Å². The molecule has 0 saturated heterocycles. The normalized spacial score (nSPS) is 14.8. The van der Waals surface area contributed by atoms with Crippen LogP contribution in [-0.2, 0) is 24.0 Å². The van der Waals surface area contributed by atoms with Gasteiger partial charge >= 0.3 is 6.18 Å². The molecule has 112 valence electrons. The molecule has 7 heteroatoms. The summed E-state index contributed by atoms with van der Waals surface area (Å²) in [5.41, 5.74) is -0.385. The van der Waals surface area contributed by atoms with Crippen LogP contribution in [0.2, 0.25) is 0 Å². The SMILES string of the molecule is CCc1cc(/C=N\[S+]([O-])C(C)(C)C)nc(C(F)(F)F)c1. The van der Waals surface area contributed by atoms with E-state index in [9.17, 15) is 17.7 Å². The van der Waals surface area contributed by atoms with Gasteiger partial charge in [-0.05, 0) is 44.9 Å². The predicted molar refractivity (Wildman–Crippen MR) is 74.1 cm³/mol. The zero-order chi connectivity index (χ0) is 15.6. The number of nitrogens with zero attached hydrogens (tertiary/aromatic N) is 2. The molecule has 1 aromatic heterocycles. The Morgan fingerprint density at radius 1 is 1.30 bits per heavy atom. The Morgan fingerprint density at radius 3 is 2.35 bits per heavy atom. The van der Waals surface area contributed by atoms with Crippen LogP contribution in [0.15, 0.2) is 16.5 Å².